The van der Waals surface area contributed by atoms with E-state index in [1.54, 1.807) is 25.3 Å². The molecule has 0 saturated carbocycles. The molecule has 6 nitrogen and oxygen atoms in total. The van der Waals surface area contributed by atoms with Gasteiger partial charge in [-0.05, 0) is 12.1 Å². The molecule has 2 rings (SSSR count). The number of aromatic nitrogens is 2. The van der Waals surface area contributed by atoms with Gasteiger partial charge in [-0.15, -0.1) is 6.58 Å². The van der Waals surface area contributed by atoms with Crippen molar-refractivity contribution in [2.75, 3.05) is 13.6 Å². The van der Waals surface area contributed by atoms with E-state index in [1.165, 1.54) is 0 Å². The molecule has 0 aliphatic rings. The third-order valence-corrected chi connectivity index (χ3v) is 2.83. The Labute approximate surface area is 127 Å². The molecule has 7 heteroatoms. The molecule has 0 atom stereocenters. The summed E-state index contributed by atoms with van der Waals surface area (Å²) in [5, 5.41) is 10.7. The minimum atomic E-state index is 0.379. The van der Waals surface area contributed by atoms with Crippen molar-refractivity contribution < 1.29 is 4.52 Å². The Morgan fingerprint density at radius 1 is 1.48 bits per heavy atom. The van der Waals surface area contributed by atoms with Gasteiger partial charge >= 0.3 is 0 Å². The smallest absolute Gasteiger partial charge is 0.246 e. The number of rotatable bonds is 5. The SMILES string of the molecule is C=CCNC(=NC)NCc1nc(-c2cccc(Cl)c2)no1. The van der Waals surface area contributed by atoms with Crippen LogP contribution in [-0.2, 0) is 6.54 Å². The number of aliphatic imine (C=N–C) groups is 1. The molecule has 0 bridgehead atoms. The van der Waals surface area contributed by atoms with E-state index in [0.29, 0.717) is 35.8 Å². The molecule has 2 aromatic rings. The zero-order chi connectivity index (χ0) is 15.1. The van der Waals surface area contributed by atoms with Crippen molar-refractivity contribution in [1.29, 1.82) is 0 Å². The van der Waals surface area contributed by atoms with E-state index in [-0.39, 0.29) is 0 Å². The topological polar surface area (TPSA) is 75.3 Å². The van der Waals surface area contributed by atoms with Crippen LogP contribution in [0.4, 0.5) is 0 Å². The van der Waals surface area contributed by atoms with Crippen molar-refractivity contribution in [3.05, 3.63) is 47.8 Å². The standard InChI is InChI=1S/C14H16ClN5O/c1-3-7-17-14(16-2)18-9-12-19-13(20-21-12)10-5-4-6-11(15)8-10/h3-6,8H,1,7,9H2,2H3,(H2,16,17,18). The number of hydrogen-bond donors (Lipinski definition) is 2. The van der Waals surface area contributed by atoms with E-state index >= 15 is 0 Å². The van der Waals surface area contributed by atoms with E-state index in [4.69, 9.17) is 16.1 Å². The van der Waals surface area contributed by atoms with Crippen molar-refractivity contribution >= 4 is 17.6 Å². The average Bonchev–Trinajstić information content (AvgIpc) is 2.96. The lowest BCUT2D eigenvalue weighted by Crippen LogP contribution is -2.36. The van der Waals surface area contributed by atoms with Gasteiger partial charge in [0.2, 0.25) is 11.7 Å². The van der Waals surface area contributed by atoms with Gasteiger partial charge < -0.3 is 15.2 Å². The summed E-state index contributed by atoms with van der Waals surface area (Å²) in [6.45, 7) is 4.63. The molecular weight excluding hydrogens is 290 g/mol. The van der Waals surface area contributed by atoms with E-state index < -0.39 is 0 Å². The van der Waals surface area contributed by atoms with Crippen LogP contribution in [0.25, 0.3) is 11.4 Å². The number of guanidine groups is 1. The molecule has 0 fully saturated rings. The average molecular weight is 306 g/mol. The maximum Gasteiger partial charge on any atom is 0.246 e. The fourth-order valence-corrected chi connectivity index (χ4v) is 1.81. The predicted octanol–water partition coefficient (Wildman–Crippen LogP) is 2.24. The number of nitrogens with one attached hydrogen (secondary N) is 2. The summed E-state index contributed by atoms with van der Waals surface area (Å²) in [6, 6.07) is 7.29. The Morgan fingerprint density at radius 3 is 3.05 bits per heavy atom. The third kappa shape index (κ3) is 4.32. The van der Waals surface area contributed by atoms with Crippen LogP contribution in [0.15, 0.2) is 46.4 Å². The second-order valence-electron chi connectivity index (χ2n) is 4.12. The molecule has 1 aromatic heterocycles. The molecule has 1 heterocycles. The van der Waals surface area contributed by atoms with Crippen LogP contribution in [-0.4, -0.2) is 29.7 Å². The zero-order valence-electron chi connectivity index (χ0n) is 11.6. The van der Waals surface area contributed by atoms with Crippen molar-refractivity contribution in [3.8, 4) is 11.4 Å². The van der Waals surface area contributed by atoms with Crippen LogP contribution in [0, 0.1) is 0 Å². The minimum Gasteiger partial charge on any atom is -0.353 e. The van der Waals surface area contributed by atoms with Gasteiger partial charge in [0.15, 0.2) is 5.96 Å². The molecule has 0 saturated heterocycles. The lowest BCUT2D eigenvalue weighted by molar-refractivity contribution is 0.375. The fourth-order valence-electron chi connectivity index (χ4n) is 1.62. The highest BCUT2D eigenvalue weighted by Crippen LogP contribution is 2.19. The van der Waals surface area contributed by atoms with Gasteiger partial charge in [0.05, 0.1) is 6.54 Å². The first-order valence-electron chi connectivity index (χ1n) is 6.37. The van der Waals surface area contributed by atoms with Gasteiger partial charge in [0, 0.05) is 24.2 Å². The Bertz CT molecular complexity index is 638. The Balaban J connectivity index is 1.99. The number of halogens is 1. The molecule has 0 amide bonds. The van der Waals surface area contributed by atoms with Crippen LogP contribution < -0.4 is 10.6 Å². The third-order valence-electron chi connectivity index (χ3n) is 2.60. The van der Waals surface area contributed by atoms with Crippen molar-refractivity contribution in [1.82, 2.24) is 20.8 Å². The fraction of sp³-hybridized carbons (Fsp3) is 0.214. The summed E-state index contributed by atoms with van der Waals surface area (Å²) in [7, 11) is 1.68. The highest BCUT2D eigenvalue weighted by atomic mass is 35.5. The highest BCUT2D eigenvalue weighted by Gasteiger charge is 2.09. The van der Waals surface area contributed by atoms with Crippen molar-refractivity contribution in [2.24, 2.45) is 4.99 Å². The Kier molecular flexibility index (Phi) is 5.34. The summed E-state index contributed by atoms with van der Waals surface area (Å²) in [5.41, 5.74) is 0.812. The Morgan fingerprint density at radius 2 is 2.33 bits per heavy atom. The number of hydrogen-bond acceptors (Lipinski definition) is 4. The molecule has 21 heavy (non-hydrogen) atoms. The lowest BCUT2D eigenvalue weighted by Gasteiger charge is -2.07. The van der Waals surface area contributed by atoms with Crippen LogP contribution in [0.5, 0.6) is 0 Å². The van der Waals surface area contributed by atoms with Gasteiger partial charge in [0.1, 0.15) is 0 Å². The number of nitrogens with zero attached hydrogens (tertiary/aromatic N) is 3. The van der Waals surface area contributed by atoms with Crippen LogP contribution in [0.3, 0.4) is 0 Å². The lowest BCUT2D eigenvalue weighted by atomic mass is 10.2. The summed E-state index contributed by atoms with van der Waals surface area (Å²) >= 11 is 5.94. The quantitative estimate of drug-likeness (QED) is 0.503. The molecule has 0 aliphatic heterocycles. The maximum absolute atomic E-state index is 5.94. The molecule has 0 aliphatic carbocycles. The van der Waals surface area contributed by atoms with Gasteiger partial charge in [-0.3, -0.25) is 4.99 Å². The van der Waals surface area contributed by atoms with E-state index in [0.717, 1.165) is 5.56 Å². The Hall–Kier alpha value is -2.34. The van der Waals surface area contributed by atoms with E-state index in [2.05, 4.69) is 32.3 Å². The van der Waals surface area contributed by atoms with Gasteiger partial charge in [-0.2, -0.15) is 4.98 Å². The van der Waals surface area contributed by atoms with Crippen LogP contribution in [0.2, 0.25) is 5.02 Å². The largest absolute Gasteiger partial charge is 0.353 e. The maximum atomic E-state index is 5.94. The zero-order valence-corrected chi connectivity index (χ0v) is 12.4. The summed E-state index contributed by atoms with van der Waals surface area (Å²) in [5.74, 6) is 1.60. The van der Waals surface area contributed by atoms with Crippen LogP contribution in [0.1, 0.15) is 5.89 Å². The minimum absolute atomic E-state index is 0.379. The number of benzene rings is 1. The monoisotopic (exact) mass is 305 g/mol. The summed E-state index contributed by atoms with van der Waals surface area (Å²) < 4.78 is 5.19. The summed E-state index contributed by atoms with van der Waals surface area (Å²) in [6.07, 6.45) is 1.75. The molecule has 110 valence electrons. The second-order valence-corrected chi connectivity index (χ2v) is 4.55. The molecule has 0 unspecified atom stereocenters. The van der Waals surface area contributed by atoms with Gasteiger partial charge in [-0.25, -0.2) is 0 Å². The summed E-state index contributed by atoms with van der Waals surface area (Å²) in [4.78, 5) is 8.36. The van der Waals surface area contributed by atoms with Crippen LogP contribution >= 0.6 is 11.6 Å². The molecule has 0 spiro atoms. The van der Waals surface area contributed by atoms with E-state index in [9.17, 15) is 0 Å². The van der Waals surface area contributed by atoms with Gasteiger partial charge in [0.25, 0.3) is 0 Å². The molecule has 2 N–H and O–H groups in total. The normalized spacial score (nSPS) is 11.2. The first kappa shape index (κ1) is 15.1. The molecular formula is C14H16ClN5O. The molecule has 1 aromatic carbocycles. The first-order chi connectivity index (χ1) is 10.2. The van der Waals surface area contributed by atoms with Crippen molar-refractivity contribution in [2.45, 2.75) is 6.54 Å². The molecule has 0 radical (unpaired) electrons. The highest BCUT2D eigenvalue weighted by molar-refractivity contribution is 6.30. The first-order valence-corrected chi connectivity index (χ1v) is 6.74. The predicted molar refractivity (Wildman–Crippen MR) is 83.1 cm³/mol. The van der Waals surface area contributed by atoms with E-state index in [1.807, 2.05) is 12.1 Å². The van der Waals surface area contributed by atoms with Gasteiger partial charge in [-0.1, -0.05) is 35.0 Å². The second kappa shape index (κ2) is 7.44. The van der Waals surface area contributed by atoms with Crippen molar-refractivity contribution in [3.63, 3.8) is 0 Å².